The summed E-state index contributed by atoms with van der Waals surface area (Å²) in [6.07, 6.45) is 1.34. The molecule has 3 rings (SSSR count). The van der Waals surface area contributed by atoms with Crippen molar-refractivity contribution in [1.29, 1.82) is 5.26 Å². The van der Waals surface area contributed by atoms with Crippen molar-refractivity contribution in [1.82, 2.24) is 0 Å². The highest BCUT2D eigenvalue weighted by atomic mass is 35.5. The molecule has 10 heteroatoms. The van der Waals surface area contributed by atoms with E-state index in [4.69, 9.17) is 16.3 Å². The van der Waals surface area contributed by atoms with Gasteiger partial charge in [-0.3, -0.25) is 19.7 Å². The maximum atomic E-state index is 12.5. The molecule has 0 fully saturated rings. The first-order valence-corrected chi connectivity index (χ1v) is 10.2. The fourth-order valence-corrected chi connectivity index (χ4v) is 2.91. The van der Waals surface area contributed by atoms with Crippen molar-refractivity contribution < 1.29 is 19.2 Å². The van der Waals surface area contributed by atoms with E-state index in [9.17, 15) is 25.0 Å². The van der Waals surface area contributed by atoms with Crippen molar-refractivity contribution in [2.45, 2.75) is 0 Å². The molecule has 0 saturated heterocycles. The highest BCUT2D eigenvalue weighted by Gasteiger charge is 2.12. The lowest BCUT2D eigenvalue weighted by atomic mass is 10.1. The number of halogens is 1. The molecule has 2 N–H and O–H groups in total. The Morgan fingerprint density at radius 3 is 2.47 bits per heavy atom. The number of rotatable bonds is 8. The molecule has 0 saturated carbocycles. The summed E-state index contributed by atoms with van der Waals surface area (Å²) in [4.78, 5) is 34.9. The molecule has 0 radical (unpaired) electrons. The van der Waals surface area contributed by atoms with Gasteiger partial charge in [0.1, 0.15) is 17.4 Å². The van der Waals surface area contributed by atoms with E-state index in [0.29, 0.717) is 22.0 Å². The Kier molecular flexibility index (Phi) is 7.94. The Balaban J connectivity index is 1.64. The predicted molar refractivity (Wildman–Crippen MR) is 127 cm³/mol. The monoisotopic (exact) mass is 476 g/mol. The Labute approximate surface area is 199 Å². The Bertz CT molecular complexity index is 1300. The van der Waals surface area contributed by atoms with Gasteiger partial charge in [0.2, 0.25) is 0 Å². The van der Waals surface area contributed by atoms with Crippen LogP contribution in [0.15, 0.2) is 78.4 Å². The summed E-state index contributed by atoms with van der Waals surface area (Å²) >= 11 is 5.82. The quantitative estimate of drug-likeness (QED) is 0.207. The largest absolute Gasteiger partial charge is 0.484 e. The van der Waals surface area contributed by atoms with Crippen LogP contribution in [-0.2, 0) is 9.59 Å². The summed E-state index contributed by atoms with van der Waals surface area (Å²) < 4.78 is 5.50. The van der Waals surface area contributed by atoms with Gasteiger partial charge in [0, 0.05) is 28.5 Å². The Morgan fingerprint density at radius 2 is 1.76 bits per heavy atom. The third-order valence-corrected chi connectivity index (χ3v) is 4.60. The zero-order chi connectivity index (χ0) is 24.5. The fourth-order valence-electron chi connectivity index (χ4n) is 2.78. The second kappa shape index (κ2) is 11.3. The van der Waals surface area contributed by atoms with E-state index in [2.05, 4.69) is 10.6 Å². The average Bonchev–Trinajstić information content (AvgIpc) is 2.83. The minimum Gasteiger partial charge on any atom is -0.484 e. The number of nitrogens with one attached hydrogen (secondary N) is 2. The van der Waals surface area contributed by atoms with Crippen LogP contribution in [0.2, 0.25) is 5.02 Å². The van der Waals surface area contributed by atoms with Gasteiger partial charge in [0.15, 0.2) is 6.61 Å². The number of nitro groups is 1. The molecule has 2 amide bonds. The van der Waals surface area contributed by atoms with Gasteiger partial charge in [-0.1, -0.05) is 29.8 Å². The van der Waals surface area contributed by atoms with Gasteiger partial charge in [-0.2, -0.15) is 5.26 Å². The van der Waals surface area contributed by atoms with Crippen LogP contribution in [0.5, 0.6) is 5.75 Å². The number of carbonyl (C=O) groups excluding carboxylic acids is 2. The number of ether oxygens (including phenoxy) is 1. The standard InChI is InChI=1S/C24H17ClN4O5/c25-18-7-9-19(10-8-18)27-23(30)15-34-22-6-1-3-16(12-22)11-17(14-26)24(31)28-20-4-2-5-21(13-20)29(32)33/h1-13H,15H2,(H,27,30)(H,28,31)/b17-11-. The number of benzene rings is 3. The van der Waals surface area contributed by atoms with E-state index in [0.717, 1.165) is 0 Å². The van der Waals surface area contributed by atoms with Crippen LogP contribution >= 0.6 is 11.6 Å². The molecule has 0 atom stereocenters. The molecule has 170 valence electrons. The maximum Gasteiger partial charge on any atom is 0.271 e. The zero-order valence-electron chi connectivity index (χ0n) is 17.5. The van der Waals surface area contributed by atoms with Crippen LogP contribution < -0.4 is 15.4 Å². The van der Waals surface area contributed by atoms with Crippen LogP contribution in [0, 0.1) is 21.4 Å². The topological polar surface area (TPSA) is 134 Å². The van der Waals surface area contributed by atoms with E-state index < -0.39 is 10.8 Å². The first kappa shape index (κ1) is 24.0. The van der Waals surface area contributed by atoms with Crippen molar-refractivity contribution >= 4 is 46.6 Å². The van der Waals surface area contributed by atoms with Crippen molar-refractivity contribution in [2.75, 3.05) is 17.2 Å². The van der Waals surface area contributed by atoms with Gasteiger partial charge in [-0.25, -0.2) is 0 Å². The molecule has 0 spiro atoms. The summed E-state index contributed by atoms with van der Waals surface area (Å²) in [7, 11) is 0. The molecule has 0 aliphatic carbocycles. The summed E-state index contributed by atoms with van der Waals surface area (Å²) in [5.74, 6) is -0.745. The third-order valence-electron chi connectivity index (χ3n) is 4.35. The van der Waals surface area contributed by atoms with Crippen LogP contribution in [0.4, 0.5) is 17.1 Å². The number of non-ortho nitro benzene ring substituents is 1. The molecule has 0 aliphatic rings. The van der Waals surface area contributed by atoms with Crippen LogP contribution in [0.1, 0.15) is 5.56 Å². The van der Waals surface area contributed by atoms with Crippen LogP contribution in [0.25, 0.3) is 6.08 Å². The zero-order valence-corrected chi connectivity index (χ0v) is 18.3. The number of nitriles is 1. The lowest BCUT2D eigenvalue weighted by Gasteiger charge is -2.08. The number of hydrogen-bond acceptors (Lipinski definition) is 6. The number of nitrogens with zero attached hydrogens (tertiary/aromatic N) is 2. The van der Waals surface area contributed by atoms with Gasteiger partial charge in [-0.15, -0.1) is 0 Å². The molecule has 34 heavy (non-hydrogen) atoms. The van der Waals surface area contributed by atoms with Crippen molar-refractivity contribution in [2.24, 2.45) is 0 Å². The third kappa shape index (κ3) is 6.91. The summed E-state index contributed by atoms with van der Waals surface area (Å²) in [5.41, 5.74) is 0.836. The van der Waals surface area contributed by atoms with Crippen LogP contribution in [0.3, 0.4) is 0 Å². The first-order valence-electron chi connectivity index (χ1n) is 9.80. The maximum absolute atomic E-state index is 12.5. The van der Waals surface area contributed by atoms with Gasteiger partial charge in [-0.05, 0) is 54.1 Å². The highest BCUT2D eigenvalue weighted by Crippen LogP contribution is 2.20. The van der Waals surface area contributed by atoms with Crippen molar-refractivity contribution in [3.8, 4) is 11.8 Å². The second-order valence-corrected chi connectivity index (χ2v) is 7.28. The van der Waals surface area contributed by atoms with Gasteiger partial charge in [0.05, 0.1) is 4.92 Å². The fraction of sp³-hybridized carbons (Fsp3) is 0.0417. The van der Waals surface area contributed by atoms with E-state index >= 15 is 0 Å². The molecule has 9 nitrogen and oxygen atoms in total. The minimum atomic E-state index is -0.725. The Morgan fingerprint density at radius 1 is 1.03 bits per heavy atom. The summed E-state index contributed by atoms with van der Waals surface area (Å²) in [6.45, 7) is -0.256. The second-order valence-electron chi connectivity index (χ2n) is 6.85. The first-order chi connectivity index (χ1) is 16.3. The minimum absolute atomic E-state index is 0.184. The smallest absolute Gasteiger partial charge is 0.271 e. The normalized spacial score (nSPS) is 10.6. The van der Waals surface area contributed by atoms with E-state index in [-0.39, 0.29) is 29.5 Å². The number of carbonyl (C=O) groups is 2. The van der Waals surface area contributed by atoms with Crippen molar-refractivity contribution in [3.05, 3.63) is 99.1 Å². The molecule has 3 aromatic rings. The van der Waals surface area contributed by atoms with Crippen LogP contribution in [-0.4, -0.2) is 23.3 Å². The molecule has 0 bridgehead atoms. The number of hydrogen-bond donors (Lipinski definition) is 2. The number of amides is 2. The highest BCUT2D eigenvalue weighted by molar-refractivity contribution is 6.30. The molecular weight excluding hydrogens is 460 g/mol. The number of anilines is 2. The molecule has 0 aromatic heterocycles. The lowest BCUT2D eigenvalue weighted by Crippen LogP contribution is -2.20. The molecule has 0 aliphatic heterocycles. The number of nitro benzene ring substituents is 1. The SMILES string of the molecule is N#C/C(=C/c1cccc(OCC(=O)Nc2ccc(Cl)cc2)c1)C(=O)Nc1cccc([N+](=O)[O-])c1. The lowest BCUT2D eigenvalue weighted by molar-refractivity contribution is -0.384. The van der Waals surface area contributed by atoms with Gasteiger partial charge < -0.3 is 15.4 Å². The summed E-state index contributed by atoms with van der Waals surface area (Å²) in [5, 5.41) is 26.0. The Hall–Kier alpha value is -4.68. The van der Waals surface area contributed by atoms with Gasteiger partial charge in [0.25, 0.3) is 17.5 Å². The van der Waals surface area contributed by atoms with E-state index in [1.807, 2.05) is 6.07 Å². The van der Waals surface area contributed by atoms with Crippen molar-refractivity contribution in [3.63, 3.8) is 0 Å². The van der Waals surface area contributed by atoms with E-state index in [1.54, 1.807) is 48.5 Å². The van der Waals surface area contributed by atoms with Gasteiger partial charge >= 0.3 is 0 Å². The predicted octanol–water partition coefficient (Wildman–Crippen LogP) is 4.81. The average molecular weight is 477 g/mol. The van der Waals surface area contributed by atoms with E-state index in [1.165, 1.54) is 30.3 Å². The molecule has 0 unspecified atom stereocenters. The molecule has 3 aromatic carbocycles. The molecule has 0 heterocycles. The summed E-state index contributed by atoms with van der Waals surface area (Å²) in [6, 6.07) is 20.3. The molecular formula is C24H17ClN4O5.